The zero-order chi connectivity index (χ0) is 17.9. The van der Waals surface area contributed by atoms with E-state index in [4.69, 9.17) is 0 Å². The zero-order valence-electron chi connectivity index (χ0n) is 14.0. The standard InChI is InChI=1S/C17H19N3O3S/c1-11-17(24-13(3)18-11)12(2)19(4)16(21)9-8-14-6-5-7-15(10-14)20(22)23/h5-10,12H,1-4H3/b9-8+. The van der Waals surface area contributed by atoms with Crippen molar-refractivity contribution in [2.24, 2.45) is 0 Å². The van der Waals surface area contributed by atoms with E-state index in [1.165, 1.54) is 18.2 Å². The first-order valence-corrected chi connectivity index (χ1v) is 8.24. The van der Waals surface area contributed by atoms with Gasteiger partial charge in [0.2, 0.25) is 5.91 Å². The Morgan fingerprint density at radius 3 is 2.71 bits per heavy atom. The van der Waals surface area contributed by atoms with Gasteiger partial charge >= 0.3 is 0 Å². The fraction of sp³-hybridized carbons (Fsp3) is 0.294. The third-order valence-corrected chi connectivity index (χ3v) is 4.99. The fourth-order valence-electron chi connectivity index (χ4n) is 2.33. The van der Waals surface area contributed by atoms with Crippen molar-refractivity contribution in [3.05, 3.63) is 61.6 Å². The molecule has 0 aliphatic carbocycles. The number of hydrogen-bond acceptors (Lipinski definition) is 5. The minimum absolute atomic E-state index is 0.00193. The molecule has 0 aliphatic heterocycles. The number of nitrogens with zero attached hydrogens (tertiary/aromatic N) is 3. The van der Waals surface area contributed by atoms with Gasteiger partial charge in [0, 0.05) is 30.1 Å². The van der Waals surface area contributed by atoms with E-state index in [9.17, 15) is 14.9 Å². The molecule has 1 aromatic heterocycles. The van der Waals surface area contributed by atoms with E-state index in [1.54, 1.807) is 41.5 Å². The summed E-state index contributed by atoms with van der Waals surface area (Å²) < 4.78 is 0. The quantitative estimate of drug-likeness (QED) is 0.468. The van der Waals surface area contributed by atoms with Crippen LogP contribution in [-0.4, -0.2) is 27.8 Å². The van der Waals surface area contributed by atoms with Crippen molar-refractivity contribution in [3.8, 4) is 0 Å². The maximum absolute atomic E-state index is 12.4. The van der Waals surface area contributed by atoms with Crippen molar-refractivity contribution in [2.45, 2.75) is 26.8 Å². The molecule has 1 aromatic carbocycles. The summed E-state index contributed by atoms with van der Waals surface area (Å²) >= 11 is 1.58. The summed E-state index contributed by atoms with van der Waals surface area (Å²) in [7, 11) is 1.74. The first kappa shape index (κ1) is 17.8. The number of aromatic nitrogens is 1. The zero-order valence-corrected chi connectivity index (χ0v) is 14.8. The summed E-state index contributed by atoms with van der Waals surface area (Å²) in [6, 6.07) is 6.08. The molecule has 0 bridgehead atoms. The highest BCUT2D eigenvalue weighted by Crippen LogP contribution is 2.28. The lowest BCUT2D eigenvalue weighted by Gasteiger charge is -2.23. The molecule has 0 spiro atoms. The number of carbonyl (C=O) groups is 1. The molecule has 0 saturated heterocycles. The third kappa shape index (κ3) is 4.05. The van der Waals surface area contributed by atoms with Gasteiger partial charge in [0.1, 0.15) is 0 Å². The Balaban J connectivity index is 2.12. The Labute approximate surface area is 144 Å². The largest absolute Gasteiger partial charge is 0.335 e. The molecule has 1 atom stereocenters. The van der Waals surface area contributed by atoms with Gasteiger partial charge in [0.05, 0.1) is 21.7 Å². The molecule has 0 saturated carbocycles. The van der Waals surface area contributed by atoms with Crippen LogP contribution in [0.4, 0.5) is 5.69 Å². The molecule has 6 nitrogen and oxygen atoms in total. The smallest absolute Gasteiger partial charge is 0.270 e. The van der Waals surface area contributed by atoms with Gasteiger partial charge in [-0.05, 0) is 32.4 Å². The van der Waals surface area contributed by atoms with Gasteiger partial charge in [0.15, 0.2) is 0 Å². The lowest BCUT2D eigenvalue weighted by atomic mass is 10.1. The summed E-state index contributed by atoms with van der Waals surface area (Å²) in [5.41, 5.74) is 1.55. The lowest BCUT2D eigenvalue weighted by molar-refractivity contribution is -0.384. The van der Waals surface area contributed by atoms with E-state index >= 15 is 0 Å². The molecular weight excluding hydrogens is 326 g/mol. The van der Waals surface area contributed by atoms with E-state index in [1.807, 2.05) is 20.8 Å². The van der Waals surface area contributed by atoms with Crippen LogP contribution in [0.3, 0.4) is 0 Å². The summed E-state index contributed by atoms with van der Waals surface area (Å²) in [5, 5.41) is 11.8. The van der Waals surface area contributed by atoms with Crippen LogP contribution < -0.4 is 0 Å². The minimum atomic E-state index is -0.456. The number of non-ortho nitro benzene ring substituents is 1. The van der Waals surface area contributed by atoms with Crippen molar-refractivity contribution in [1.82, 2.24) is 9.88 Å². The van der Waals surface area contributed by atoms with Gasteiger partial charge in [-0.15, -0.1) is 11.3 Å². The number of nitro groups is 1. The molecular formula is C17H19N3O3S. The van der Waals surface area contributed by atoms with Crippen LogP contribution in [0.2, 0.25) is 0 Å². The highest BCUT2D eigenvalue weighted by atomic mass is 32.1. The topological polar surface area (TPSA) is 76.3 Å². The maximum atomic E-state index is 12.4. The second kappa shape index (κ2) is 7.35. The number of hydrogen-bond donors (Lipinski definition) is 0. The number of rotatable bonds is 5. The van der Waals surface area contributed by atoms with Crippen LogP contribution in [-0.2, 0) is 4.79 Å². The summed E-state index contributed by atoms with van der Waals surface area (Å²) in [6.07, 6.45) is 3.02. The number of likely N-dealkylation sites (N-methyl/N-ethyl adjacent to an activating group) is 1. The SMILES string of the molecule is Cc1nc(C)c(C(C)N(C)C(=O)/C=C/c2cccc([N+](=O)[O-])c2)s1. The lowest BCUT2D eigenvalue weighted by Crippen LogP contribution is -2.27. The van der Waals surface area contributed by atoms with E-state index < -0.39 is 4.92 Å². The van der Waals surface area contributed by atoms with Gasteiger partial charge in [-0.25, -0.2) is 4.98 Å². The van der Waals surface area contributed by atoms with Gasteiger partial charge in [-0.1, -0.05) is 12.1 Å². The molecule has 0 N–H and O–H groups in total. The van der Waals surface area contributed by atoms with E-state index in [2.05, 4.69) is 4.98 Å². The molecule has 1 heterocycles. The molecule has 0 fully saturated rings. The predicted molar refractivity (Wildman–Crippen MR) is 94.9 cm³/mol. The van der Waals surface area contributed by atoms with Gasteiger partial charge in [0.25, 0.3) is 5.69 Å². The van der Waals surface area contributed by atoms with Crippen LogP contribution in [0.5, 0.6) is 0 Å². The van der Waals surface area contributed by atoms with Crippen LogP contribution >= 0.6 is 11.3 Å². The Morgan fingerprint density at radius 2 is 2.12 bits per heavy atom. The van der Waals surface area contributed by atoms with E-state index in [0.29, 0.717) is 5.56 Å². The fourth-order valence-corrected chi connectivity index (χ4v) is 3.35. The van der Waals surface area contributed by atoms with Crippen LogP contribution in [0.25, 0.3) is 6.08 Å². The predicted octanol–water partition coefficient (Wildman–Crippen LogP) is 3.90. The average molecular weight is 345 g/mol. The van der Waals surface area contributed by atoms with Gasteiger partial charge < -0.3 is 4.90 Å². The second-order valence-electron chi connectivity index (χ2n) is 5.49. The maximum Gasteiger partial charge on any atom is 0.270 e. The average Bonchev–Trinajstić information content (AvgIpc) is 2.89. The molecule has 126 valence electrons. The molecule has 7 heteroatoms. The van der Waals surface area contributed by atoms with Crippen LogP contribution in [0.15, 0.2) is 30.3 Å². The number of nitro benzene ring substituents is 1. The number of carbonyl (C=O) groups excluding carboxylic acids is 1. The normalized spacial score (nSPS) is 12.3. The molecule has 2 aromatic rings. The van der Waals surface area contributed by atoms with Crippen molar-refractivity contribution in [1.29, 1.82) is 0 Å². The van der Waals surface area contributed by atoms with E-state index in [-0.39, 0.29) is 17.6 Å². The van der Waals surface area contributed by atoms with Crippen LogP contribution in [0, 0.1) is 24.0 Å². The third-order valence-electron chi connectivity index (χ3n) is 3.75. The molecule has 0 aliphatic rings. The minimum Gasteiger partial charge on any atom is -0.335 e. The molecule has 24 heavy (non-hydrogen) atoms. The van der Waals surface area contributed by atoms with Gasteiger partial charge in [-0.2, -0.15) is 0 Å². The molecule has 1 unspecified atom stereocenters. The van der Waals surface area contributed by atoms with Crippen molar-refractivity contribution in [3.63, 3.8) is 0 Å². The molecule has 0 radical (unpaired) electrons. The first-order valence-electron chi connectivity index (χ1n) is 7.43. The first-order chi connectivity index (χ1) is 11.3. The summed E-state index contributed by atoms with van der Waals surface area (Å²) in [5.74, 6) is -0.167. The Kier molecular flexibility index (Phi) is 5.46. The monoisotopic (exact) mass is 345 g/mol. The Hall–Kier alpha value is -2.54. The van der Waals surface area contributed by atoms with E-state index in [0.717, 1.165) is 15.6 Å². The van der Waals surface area contributed by atoms with Crippen molar-refractivity contribution < 1.29 is 9.72 Å². The van der Waals surface area contributed by atoms with Crippen molar-refractivity contribution >= 4 is 29.0 Å². The summed E-state index contributed by atoms with van der Waals surface area (Å²) in [6.45, 7) is 5.84. The van der Waals surface area contributed by atoms with Crippen molar-refractivity contribution in [2.75, 3.05) is 7.05 Å². The number of amides is 1. The second-order valence-corrected chi connectivity index (χ2v) is 6.73. The number of benzene rings is 1. The number of thiazole rings is 1. The Morgan fingerprint density at radius 1 is 1.42 bits per heavy atom. The number of aryl methyl sites for hydroxylation is 2. The highest BCUT2D eigenvalue weighted by molar-refractivity contribution is 7.11. The van der Waals surface area contributed by atoms with Crippen LogP contribution in [0.1, 0.15) is 34.1 Å². The Bertz CT molecular complexity index is 798. The van der Waals surface area contributed by atoms with Gasteiger partial charge in [-0.3, -0.25) is 14.9 Å². The molecule has 2 rings (SSSR count). The molecule has 1 amide bonds. The summed E-state index contributed by atoms with van der Waals surface area (Å²) in [4.78, 5) is 29.8. The highest BCUT2D eigenvalue weighted by Gasteiger charge is 2.20.